The first-order chi connectivity index (χ1) is 13.4. The lowest BCUT2D eigenvalue weighted by atomic mass is 9.89. The summed E-state index contributed by atoms with van der Waals surface area (Å²) in [5.41, 5.74) is 11.7. The zero-order valence-corrected chi connectivity index (χ0v) is 17.6. The number of aryl methyl sites for hydroxylation is 2. The first kappa shape index (κ1) is 19.5. The molecular weight excluding hydrogens is 336 g/mol. The molecule has 0 unspecified atom stereocenters. The Morgan fingerprint density at radius 1 is 0.393 bits per heavy atom. The van der Waals surface area contributed by atoms with Crippen LogP contribution in [0.3, 0.4) is 0 Å². The van der Waals surface area contributed by atoms with Crippen LogP contribution in [0.4, 0.5) is 0 Å². The van der Waals surface area contributed by atoms with Crippen molar-refractivity contribution in [2.45, 2.75) is 41.5 Å². The van der Waals surface area contributed by atoms with E-state index < -0.39 is 0 Å². The SMILES string of the molecule is Cc1ccc(C#Cc2c(C)c(C)c(C#Cc3ccc(C)cc3)c(C)c2C)cc1. The van der Waals surface area contributed by atoms with E-state index in [2.05, 4.69) is 114 Å². The zero-order chi connectivity index (χ0) is 20.3. The van der Waals surface area contributed by atoms with Gasteiger partial charge in [-0.1, -0.05) is 59.1 Å². The lowest BCUT2D eigenvalue weighted by molar-refractivity contribution is 1.20. The Morgan fingerprint density at radius 3 is 0.964 bits per heavy atom. The summed E-state index contributed by atoms with van der Waals surface area (Å²) in [5, 5.41) is 0. The second kappa shape index (κ2) is 8.21. The maximum atomic E-state index is 3.41. The Kier molecular flexibility index (Phi) is 5.73. The van der Waals surface area contributed by atoms with Gasteiger partial charge in [-0.25, -0.2) is 0 Å². The Bertz CT molecular complexity index is 1010. The normalized spacial score (nSPS) is 9.93. The van der Waals surface area contributed by atoms with Crippen molar-refractivity contribution in [1.82, 2.24) is 0 Å². The van der Waals surface area contributed by atoms with Gasteiger partial charge in [-0.15, -0.1) is 0 Å². The Balaban J connectivity index is 2.03. The van der Waals surface area contributed by atoms with Crippen LogP contribution >= 0.6 is 0 Å². The minimum atomic E-state index is 1.04. The van der Waals surface area contributed by atoms with Gasteiger partial charge >= 0.3 is 0 Å². The molecule has 3 aromatic carbocycles. The molecule has 0 bridgehead atoms. The molecule has 0 spiro atoms. The van der Waals surface area contributed by atoms with Crippen molar-refractivity contribution >= 4 is 0 Å². The van der Waals surface area contributed by atoms with Crippen LogP contribution in [0.25, 0.3) is 0 Å². The number of benzene rings is 3. The molecule has 0 aliphatic heterocycles. The fourth-order valence-electron chi connectivity index (χ4n) is 3.23. The molecule has 0 N–H and O–H groups in total. The van der Waals surface area contributed by atoms with E-state index in [1.165, 1.54) is 33.4 Å². The van der Waals surface area contributed by atoms with Gasteiger partial charge in [0, 0.05) is 22.3 Å². The summed E-state index contributed by atoms with van der Waals surface area (Å²) >= 11 is 0. The summed E-state index contributed by atoms with van der Waals surface area (Å²) in [6, 6.07) is 16.7. The van der Waals surface area contributed by atoms with E-state index in [1.54, 1.807) is 0 Å². The molecule has 0 atom stereocenters. The van der Waals surface area contributed by atoms with E-state index >= 15 is 0 Å². The fourth-order valence-corrected chi connectivity index (χ4v) is 3.23. The fraction of sp³-hybridized carbons (Fsp3) is 0.214. The van der Waals surface area contributed by atoms with Gasteiger partial charge in [-0.2, -0.15) is 0 Å². The largest absolute Gasteiger partial charge is 0.0616 e. The van der Waals surface area contributed by atoms with Gasteiger partial charge in [0.2, 0.25) is 0 Å². The molecule has 138 valence electrons. The molecule has 3 rings (SSSR count). The molecule has 0 saturated heterocycles. The van der Waals surface area contributed by atoms with Crippen LogP contribution in [0.15, 0.2) is 48.5 Å². The Hall–Kier alpha value is -3.22. The summed E-state index contributed by atoms with van der Waals surface area (Å²) in [7, 11) is 0. The molecule has 0 radical (unpaired) electrons. The first-order valence-electron chi connectivity index (χ1n) is 9.64. The van der Waals surface area contributed by atoms with Crippen LogP contribution in [0, 0.1) is 65.2 Å². The standard InChI is InChI=1S/C28H26/c1-19-7-11-25(12-8-19)15-17-27-21(3)23(5)28(24(6)22(27)4)18-16-26-13-9-20(2)10-14-26/h7-14H,1-6H3. The molecule has 0 saturated carbocycles. The third kappa shape index (κ3) is 4.19. The summed E-state index contributed by atoms with van der Waals surface area (Å²) in [6.07, 6.45) is 0. The molecule has 0 heteroatoms. The maximum Gasteiger partial charge on any atom is 0.0313 e. The third-order valence-corrected chi connectivity index (χ3v) is 5.39. The predicted octanol–water partition coefficient (Wildman–Crippen LogP) is 6.34. The van der Waals surface area contributed by atoms with Crippen molar-refractivity contribution in [2.75, 3.05) is 0 Å². The molecule has 0 aromatic heterocycles. The number of hydrogen-bond donors (Lipinski definition) is 0. The van der Waals surface area contributed by atoms with E-state index in [1.807, 2.05) is 0 Å². The topological polar surface area (TPSA) is 0 Å². The highest BCUT2D eigenvalue weighted by Crippen LogP contribution is 2.25. The molecule has 0 fully saturated rings. The second-order valence-corrected chi connectivity index (χ2v) is 7.48. The highest BCUT2D eigenvalue weighted by molar-refractivity contribution is 5.62. The van der Waals surface area contributed by atoms with Gasteiger partial charge in [-0.3, -0.25) is 0 Å². The minimum Gasteiger partial charge on any atom is -0.0616 e. The average Bonchev–Trinajstić information content (AvgIpc) is 2.69. The molecule has 0 amide bonds. The van der Waals surface area contributed by atoms with Crippen LogP contribution < -0.4 is 0 Å². The highest BCUT2D eigenvalue weighted by atomic mass is 14.1. The van der Waals surface area contributed by atoms with Crippen molar-refractivity contribution in [3.63, 3.8) is 0 Å². The van der Waals surface area contributed by atoms with Crippen molar-refractivity contribution in [1.29, 1.82) is 0 Å². The molecule has 28 heavy (non-hydrogen) atoms. The highest BCUT2D eigenvalue weighted by Gasteiger charge is 2.12. The quantitative estimate of drug-likeness (QED) is 0.410. The smallest absolute Gasteiger partial charge is 0.0313 e. The van der Waals surface area contributed by atoms with Gasteiger partial charge in [0.05, 0.1) is 0 Å². The molecule has 0 aliphatic carbocycles. The Labute approximate surface area is 169 Å². The zero-order valence-electron chi connectivity index (χ0n) is 17.6. The lowest BCUT2D eigenvalue weighted by Gasteiger charge is -2.14. The third-order valence-electron chi connectivity index (χ3n) is 5.39. The lowest BCUT2D eigenvalue weighted by Crippen LogP contribution is -2.01. The summed E-state index contributed by atoms with van der Waals surface area (Å²) in [4.78, 5) is 0. The second-order valence-electron chi connectivity index (χ2n) is 7.48. The summed E-state index contributed by atoms with van der Waals surface area (Å²) in [6.45, 7) is 12.8. The van der Waals surface area contributed by atoms with Crippen LogP contribution in [-0.4, -0.2) is 0 Å². The van der Waals surface area contributed by atoms with E-state index in [0.717, 1.165) is 22.3 Å². The summed E-state index contributed by atoms with van der Waals surface area (Å²) in [5.74, 6) is 13.5. The van der Waals surface area contributed by atoms with Gasteiger partial charge < -0.3 is 0 Å². The Morgan fingerprint density at radius 2 is 0.679 bits per heavy atom. The van der Waals surface area contributed by atoms with E-state index in [0.29, 0.717) is 0 Å². The number of hydrogen-bond acceptors (Lipinski definition) is 0. The maximum absolute atomic E-state index is 3.41. The van der Waals surface area contributed by atoms with Crippen molar-refractivity contribution in [3.8, 4) is 23.7 Å². The van der Waals surface area contributed by atoms with Crippen LogP contribution in [0.2, 0.25) is 0 Å². The number of rotatable bonds is 0. The summed E-state index contributed by atoms with van der Waals surface area (Å²) < 4.78 is 0. The van der Waals surface area contributed by atoms with Crippen molar-refractivity contribution < 1.29 is 0 Å². The van der Waals surface area contributed by atoms with Crippen molar-refractivity contribution in [3.05, 3.63) is 104 Å². The van der Waals surface area contributed by atoms with Gasteiger partial charge in [0.1, 0.15) is 0 Å². The predicted molar refractivity (Wildman–Crippen MR) is 120 cm³/mol. The molecule has 0 heterocycles. The van der Waals surface area contributed by atoms with Gasteiger partial charge in [0.15, 0.2) is 0 Å². The van der Waals surface area contributed by atoms with E-state index in [-0.39, 0.29) is 0 Å². The monoisotopic (exact) mass is 362 g/mol. The van der Waals surface area contributed by atoms with E-state index in [9.17, 15) is 0 Å². The molecular formula is C28H26. The molecule has 3 aromatic rings. The average molecular weight is 363 g/mol. The van der Waals surface area contributed by atoms with Gasteiger partial charge in [0.25, 0.3) is 0 Å². The minimum absolute atomic E-state index is 1.04. The first-order valence-corrected chi connectivity index (χ1v) is 9.64. The molecule has 0 nitrogen and oxygen atoms in total. The van der Waals surface area contributed by atoms with Gasteiger partial charge in [-0.05, 0) is 88.1 Å². The van der Waals surface area contributed by atoms with E-state index in [4.69, 9.17) is 0 Å². The van der Waals surface area contributed by atoms with Crippen LogP contribution in [-0.2, 0) is 0 Å². The van der Waals surface area contributed by atoms with Crippen molar-refractivity contribution in [2.24, 2.45) is 0 Å². The van der Waals surface area contributed by atoms with Crippen LogP contribution in [0.1, 0.15) is 55.6 Å². The van der Waals surface area contributed by atoms with Crippen LogP contribution in [0.5, 0.6) is 0 Å². The molecule has 0 aliphatic rings.